The van der Waals surface area contributed by atoms with E-state index in [1.165, 1.54) is 12.8 Å². The molecule has 0 atom stereocenters. The average molecular weight is 161 g/mol. The smallest absolute Gasteiger partial charge is 0.0625 e. The molecule has 1 nitrogen and oxygen atoms in total. The van der Waals surface area contributed by atoms with E-state index in [-0.39, 0.29) is 0 Å². The van der Waals surface area contributed by atoms with Crippen LogP contribution in [-0.4, -0.2) is 0 Å². The third kappa shape index (κ3) is 8.79. The van der Waals surface area contributed by atoms with Crippen molar-refractivity contribution in [2.24, 2.45) is 0 Å². The molecule has 0 heterocycles. The maximum Gasteiger partial charge on any atom is 0.0625 e. The molecule has 0 unspecified atom stereocenters. The van der Waals surface area contributed by atoms with Crippen LogP contribution in [0.2, 0.25) is 0 Å². The number of allylic oxidation sites excluding steroid dienone is 2. The summed E-state index contributed by atoms with van der Waals surface area (Å²) in [6.07, 6.45) is 8.56. The molecule has 0 aromatic rings. The molecule has 0 amide bonds. The van der Waals surface area contributed by atoms with Crippen LogP contribution in [0.15, 0.2) is 12.2 Å². The van der Waals surface area contributed by atoms with Crippen LogP contribution in [0.25, 0.3) is 0 Å². The Morgan fingerprint density at radius 1 is 1.33 bits per heavy atom. The predicted molar refractivity (Wildman–Crippen MR) is 51.3 cm³/mol. The lowest BCUT2D eigenvalue weighted by Crippen LogP contribution is -1.66. The lowest BCUT2D eigenvalue weighted by molar-refractivity contribution is 0.828. The van der Waals surface area contributed by atoms with Gasteiger partial charge in [-0.3, -0.25) is 0 Å². The molecule has 0 aliphatic heterocycles. The lowest BCUT2D eigenvalue weighted by Gasteiger charge is -1.82. The fourth-order valence-corrected chi connectivity index (χ4v) is 0.686. The summed E-state index contributed by atoms with van der Waals surface area (Å²) in [4.78, 5) is 0. The number of nitriles is 1. The Hall–Kier alpha value is -1.21. The summed E-state index contributed by atoms with van der Waals surface area (Å²) in [5.74, 6) is 5.98. The quantitative estimate of drug-likeness (QED) is 0.459. The van der Waals surface area contributed by atoms with Crippen molar-refractivity contribution in [2.45, 2.75) is 39.0 Å². The molecular weight excluding hydrogens is 146 g/mol. The second-order valence-corrected chi connectivity index (χ2v) is 2.52. The van der Waals surface area contributed by atoms with Crippen molar-refractivity contribution < 1.29 is 0 Å². The van der Waals surface area contributed by atoms with Crippen molar-refractivity contribution >= 4 is 0 Å². The first-order chi connectivity index (χ1) is 5.91. The van der Waals surface area contributed by atoms with Gasteiger partial charge in [0.25, 0.3) is 0 Å². The zero-order valence-corrected chi connectivity index (χ0v) is 7.64. The highest BCUT2D eigenvalue weighted by molar-refractivity contribution is 5.15. The predicted octanol–water partition coefficient (Wildman–Crippen LogP) is 3.04. The van der Waals surface area contributed by atoms with Gasteiger partial charge in [0.1, 0.15) is 0 Å². The third-order valence-electron chi connectivity index (χ3n) is 1.38. The Morgan fingerprint density at radius 2 is 2.17 bits per heavy atom. The molecule has 0 saturated heterocycles. The van der Waals surface area contributed by atoms with Crippen LogP contribution in [0.5, 0.6) is 0 Å². The van der Waals surface area contributed by atoms with Crippen LogP contribution >= 0.6 is 0 Å². The molecule has 0 aliphatic rings. The van der Waals surface area contributed by atoms with E-state index in [0.29, 0.717) is 6.42 Å². The van der Waals surface area contributed by atoms with E-state index in [4.69, 9.17) is 5.26 Å². The molecule has 0 spiro atoms. The molecule has 0 saturated carbocycles. The molecule has 0 aromatic heterocycles. The fourth-order valence-electron chi connectivity index (χ4n) is 0.686. The summed E-state index contributed by atoms with van der Waals surface area (Å²) in [6, 6.07) is 2.08. The highest BCUT2D eigenvalue weighted by Gasteiger charge is 1.75. The van der Waals surface area contributed by atoms with Crippen molar-refractivity contribution in [3.8, 4) is 17.9 Å². The second-order valence-electron chi connectivity index (χ2n) is 2.52. The standard InChI is InChI=1S/C11H15N/c1-2-3-4-5-6-7-8-9-10-11-12/h7-8H,2-4,9-10H2,1H3/b8-7+. The first-order valence-electron chi connectivity index (χ1n) is 4.42. The minimum absolute atomic E-state index is 0.590. The molecule has 0 bridgehead atoms. The Bertz CT molecular complexity index is 209. The maximum atomic E-state index is 8.22. The second kappa shape index (κ2) is 9.79. The van der Waals surface area contributed by atoms with Crippen molar-refractivity contribution in [1.29, 1.82) is 5.26 Å². The van der Waals surface area contributed by atoms with Gasteiger partial charge in [-0.1, -0.05) is 31.3 Å². The lowest BCUT2D eigenvalue weighted by atomic mass is 10.2. The van der Waals surface area contributed by atoms with E-state index >= 15 is 0 Å². The normalized spacial score (nSPS) is 9.00. The van der Waals surface area contributed by atoms with Gasteiger partial charge in [0.05, 0.1) is 6.07 Å². The van der Waals surface area contributed by atoms with Crippen molar-refractivity contribution in [3.63, 3.8) is 0 Å². The molecule has 0 radical (unpaired) electrons. The van der Waals surface area contributed by atoms with Gasteiger partial charge < -0.3 is 0 Å². The highest BCUT2D eigenvalue weighted by atomic mass is 14.2. The maximum absolute atomic E-state index is 8.22. The van der Waals surface area contributed by atoms with Gasteiger partial charge in [-0.15, -0.1) is 0 Å². The number of hydrogen-bond donors (Lipinski definition) is 0. The molecule has 64 valence electrons. The topological polar surface area (TPSA) is 23.8 Å². The van der Waals surface area contributed by atoms with Crippen LogP contribution in [0.1, 0.15) is 39.0 Å². The molecule has 0 fully saturated rings. The largest absolute Gasteiger partial charge is 0.198 e. The number of nitrogens with zero attached hydrogens (tertiary/aromatic N) is 1. The molecule has 0 aliphatic carbocycles. The van der Waals surface area contributed by atoms with Crippen LogP contribution in [0.4, 0.5) is 0 Å². The summed E-state index contributed by atoms with van der Waals surface area (Å²) in [6.45, 7) is 2.16. The van der Waals surface area contributed by atoms with Gasteiger partial charge in [0, 0.05) is 12.8 Å². The summed E-state index contributed by atoms with van der Waals surface area (Å²) in [7, 11) is 0. The zero-order valence-electron chi connectivity index (χ0n) is 7.64. The molecule has 1 heteroatoms. The highest BCUT2D eigenvalue weighted by Crippen LogP contribution is 1.91. The summed E-state index contributed by atoms with van der Waals surface area (Å²) in [5, 5.41) is 8.22. The van der Waals surface area contributed by atoms with Gasteiger partial charge in [-0.2, -0.15) is 5.26 Å². The Labute approximate surface area is 75.1 Å². The van der Waals surface area contributed by atoms with Crippen molar-refractivity contribution in [2.75, 3.05) is 0 Å². The number of unbranched alkanes of at least 4 members (excludes halogenated alkanes) is 3. The van der Waals surface area contributed by atoms with Crippen molar-refractivity contribution in [1.82, 2.24) is 0 Å². The minimum atomic E-state index is 0.590. The Morgan fingerprint density at radius 3 is 2.83 bits per heavy atom. The van der Waals surface area contributed by atoms with E-state index in [1.54, 1.807) is 0 Å². The summed E-state index contributed by atoms with van der Waals surface area (Å²) < 4.78 is 0. The first kappa shape index (κ1) is 10.8. The van der Waals surface area contributed by atoms with E-state index in [0.717, 1.165) is 12.8 Å². The summed E-state index contributed by atoms with van der Waals surface area (Å²) in [5.41, 5.74) is 0. The Kier molecular flexibility index (Phi) is 8.80. The van der Waals surface area contributed by atoms with E-state index in [2.05, 4.69) is 24.8 Å². The number of rotatable bonds is 4. The van der Waals surface area contributed by atoms with E-state index < -0.39 is 0 Å². The van der Waals surface area contributed by atoms with Crippen LogP contribution in [0.3, 0.4) is 0 Å². The van der Waals surface area contributed by atoms with E-state index in [9.17, 15) is 0 Å². The molecule has 0 N–H and O–H groups in total. The van der Waals surface area contributed by atoms with Gasteiger partial charge in [0.2, 0.25) is 0 Å². The van der Waals surface area contributed by atoms with Crippen LogP contribution < -0.4 is 0 Å². The van der Waals surface area contributed by atoms with Crippen LogP contribution in [0, 0.1) is 23.2 Å². The molecule has 12 heavy (non-hydrogen) atoms. The average Bonchev–Trinajstić information content (AvgIpc) is 2.10. The molecule has 0 aromatic carbocycles. The molecular formula is C11H15N. The number of hydrogen-bond acceptors (Lipinski definition) is 1. The zero-order chi connectivity index (χ0) is 9.07. The van der Waals surface area contributed by atoms with Gasteiger partial charge in [-0.05, 0) is 18.9 Å². The fraction of sp³-hybridized carbons (Fsp3) is 0.545. The monoisotopic (exact) mass is 161 g/mol. The Balaban J connectivity index is 3.31. The first-order valence-corrected chi connectivity index (χ1v) is 4.42. The SMILES string of the molecule is CCCCC#C/C=C/CCC#N. The van der Waals surface area contributed by atoms with Crippen molar-refractivity contribution in [3.05, 3.63) is 12.2 Å². The molecule has 0 rings (SSSR count). The summed E-state index contributed by atoms with van der Waals surface area (Å²) >= 11 is 0. The van der Waals surface area contributed by atoms with Gasteiger partial charge in [-0.25, -0.2) is 0 Å². The minimum Gasteiger partial charge on any atom is -0.198 e. The van der Waals surface area contributed by atoms with Gasteiger partial charge in [0.15, 0.2) is 0 Å². The van der Waals surface area contributed by atoms with Gasteiger partial charge >= 0.3 is 0 Å². The van der Waals surface area contributed by atoms with Crippen LogP contribution in [-0.2, 0) is 0 Å². The van der Waals surface area contributed by atoms with E-state index in [1.807, 2.05) is 12.2 Å². The third-order valence-corrected chi connectivity index (χ3v) is 1.38.